The van der Waals surface area contributed by atoms with E-state index in [9.17, 15) is 0 Å². The summed E-state index contributed by atoms with van der Waals surface area (Å²) in [5.74, 6) is 4.42. The predicted molar refractivity (Wildman–Crippen MR) is 20.0 cm³/mol. The second-order valence-electron chi connectivity index (χ2n) is 0.554. The second kappa shape index (κ2) is 1.40. The van der Waals surface area contributed by atoms with Crippen molar-refractivity contribution in [1.29, 1.82) is 0 Å². The summed E-state index contributed by atoms with van der Waals surface area (Å²) in [4.78, 5) is 0. The Labute approximate surface area is 29.6 Å². The number of nitrogens with two attached hydrogens (primary N) is 3. The highest BCUT2D eigenvalue weighted by Crippen LogP contribution is 1.31. The Morgan fingerprint density at radius 2 is 1.60 bits per heavy atom. The molecule has 5 heavy (non-hydrogen) atoms. The van der Waals surface area contributed by atoms with Gasteiger partial charge in [0, 0.05) is 0 Å². The van der Waals surface area contributed by atoms with E-state index in [1.165, 1.54) is 0 Å². The summed E-state index contributed by atoms with van der Waals surface area (Å²) in [6, 6.07) is 0. The zero-order chi connectivity index (χ0) is 4.28. The standard InChI is InChI=1S/CH6N4/c2-1(3)5-4/h4H2,(H4,2,3,5)/i1+2. The maximum atomic E-state index is 4.69. The molecule has 0 aromatic heterocycles. The van der Waals surface area contributed by atoms with Crippen molar-refractivity contribution in [3.05, 3.63) is 0 Å². The average Bonchev–Trinajstić information content (AvgIpc) is 1.38. The van der Waals surface area contributed by atoms with E-state index in [-0.39, 0.29) is 5.96 Å². The lowest BCUT2D eigenvalue weighted by Gasteiger charge is -1.76. The minimum absolute atomic E-state index is 0.0926. The fourth-order valence-electron chi connectivity index (χ4n) is 0. The number of nitrogens with zero attached hydrogens (tertiary/aromatic N) is 1. The van der Waals surface area contributed by atoms with Crippen LogP contribution in [0, 0.1) is 0 Å². The Kier molecular flexibility index (Phi) is 1.14. The molecule has 30 valence electrons. The first-order valence-electron chi connectivity index (χ1n) is 1.06. The van der Waals surface area contributed by atoms with Gasteiger partial charge in [-0.3, -0.25) is 0 Å². The highest BCUT2D eigenvalue weighted by atomic mass is 15.7. The summed E-state index contributed by atoms with van der Waals surface area (Å²) in [7, 11) is 0. The first-order chi connectivity index (χ1) is 2.27. The molecular weight excluding hydrogens is 70.0 g/mol. The molecule has 4 heteroatoms. The van der Waals surface area contributed by atoms with Crippen LogP contribution in [-0.4, -0.2) is 5.96 Å². The van der Waals surface area contributed by atoms with Gasteiger partial charge in [0.25, 0.3) is 0 Å². The molecule has 0 aliphatic heterocycles. The van der Waals surface area contributed by atoms with E-state index in [1.54, 1.807) is 0 Å². The third-order valence-corrected chi connectivity index (χ3v) is 0.149. The van der Waals surface area contributed by atoms with Crippen LogP contribution >= 0.6 is 0 Å². The van der Waals surface area contributed by atoms with Crippen LogP contribution in [0.25, 0.3) is 0 Å². The molecule has 0 radical (unpaired) electrons. The predicted octanol–water partition coefficient (Wildman–Crippen LogP) is -1.87. The Morgan fingerprint density at radius 1 is 1.40 bits per heavy atom. The van der Waals surface area contributed by atoms with Crippen LogP contribution in [0.3, 0.4) is 0 Å². The molecule has 6 N–H and O–H groups in total. The molecular formula is CH6N4. The van der Waals surface area contributed by atoms with E-state index in [2.05, 4.69) is 10.9 Å². The Hall–Kier alpha value is -0.930. The summed E-state index contributed by atoms with van der Waals surface area (Å²) >= 11 is 0. The molecule has 0 heterocycles. The van der Waals surface area contributed by atoms with Crippen molar-refractivity contribution < 1.29 is 0 Å². The molecule has 4 nitrogen and oxygen atoms in total. The number of rotatable bonds is 0. The third-order valence-electron chi connectivity index (χ3n) is 0.149. The lowest BCUT2D eigenvalue weighted by Crippen LogP contribution is -2.23. The summed E-state index contributed by atoms with van der Waals surface area (Å²) in [5.41, 5.74) is 9.39. The van der Waals surface area contributed by atoms with Crippen molar-refractivity contribution in [3.8, 4) is 0 Å². The molecule has 0 rings (SSSR count). The van der Waals surface area contributed by atoms with Crippen molar-refractivity contribution in [2.45, 2.75) is 0 Å². The number of hydrogen-bond acceptors (Lipinski definition) is 2. The second-order valence-corrected chi connectivity index (χ2v) is 0.554. The van der Waals surface area contributed by atoms with E-state index in [1.807, 2.05) is 0 Å². The Bertz CT molecular complexity index is 41.6. The van der Waals surface area contributed by atoms with Crippen LogP contribution in [0.1, 0.15) is 0 Å². The van der Waals surface area contributed by atoms with Crippen molar-refractivity contribution in [3.63, 3.8) is 0 Å². The minimum atomic E-state index is -0.0926. The molecule has 0 saturated carbocycles. The van der Waals surface area contributed by atoms with Gasteiger partial charge in [-0.25, -0.2) is 0 Å². The van der Waals surface area contributed by atoms with Gasteiger partial charge >= 0.3 is 0 Å². The van der Waals surface area contributed by atoms with Gasteiger partial charge in [0.2, 0.25) is 5.96 Å². The van der Waals surface area contributed by atoms with Crippen molar-refractivity contribution in [2.75, 3.05) is 0 Å². The van der Waals surface area contributed by atoms with Gasteiger partial charge in [-0.05, 0) is 0 Å². The van der Waals surface area contributed by atoms with Crippen molar-refractivity contribution in [1.82, 2.24) is 0 Å². The highest BCUT2D eigenvalue weighted by molar-refractivity contribution is 5.75. The van der Waals surface area contributed by atoms with E-state index in [0.29, 0.717) is 0 Å². The number of guanidine groups is 1. The molecule has 0 aromatic rings. The molecule has 0 aromatic carbocycles. The van der Waals surface area contributed by atoms with Crippen LogP contribution in [0.15, 0.2) is 5.10 Å². The quantitative estimate of drug-likeness (QED) is 0.137. The molecule has 0 spiro atoms. The number of hydrazone groups is 1. The maximum absolute atomic E-state index is 4.69. The van der Waals surface area contributed by atoms with E-state index >= 15 is 0 Å². The lowest BCUT2D eigenvalue weighted by atomic mass is 12.3. The van der Waals surface area contributed by atoms with Crippen LogP contribution in [0.4, 0.5) is 0 Å². The van der Waals surface area contributed by atoms with Crippen LogP contribution in [0.5, 0.6) is 0 Å². The highest BCUT2D eigenvalue weighted by Gasteiger charge is 1.62. The zero-order valence-electron chi connectivity index (χ0n) is 2.68. The average molecular weight is 76.1 g/mol. The molecule has 0 saturated heterocycles. The normalized spacial score (nSPS) is 6.40. The molecule has 0 atom stereocenters. The van der Waals surface area contributed by atoms with E-state index in [0.717, 1.165) is 0 Å². The molecule has 0 fully saturated rings. The Morgan fingerprint density at radius 3 is 1.60 bits per heavy atom. The topological polar surface area (TPSA) is 90.4 Å². The van der Waals surface area contributed by atoms with Gasteiger partial charge in [-0.15, -0.1) is 5.10 Å². The first-order valence-corrected chi connectivity index (χ1v) is 1.06. The van der Waals surface area contributed by atoms with Crippen molar-refractivity contribution in [2.24, 2.45) is 22.4 Å². The first kappa shape index (κ1) is 4.07. The third kappa shape index (κ3) is 3.07. The van der Waals surface area contributed by atoms with E-state index in [4.69, 9.17) is 11.5 Å². The van der Waals surface area contributed by atoms with Crippen LogP contribution in [-0.2, 0) is 0 Å². The Balaban J connectivity index is 3.14. The SMILES string of the molecule is NN=[14C](N)N. The monoisotopic (exact) mass is 76.1 g/mol. The van der Waals surface area contributed by atoms with E-state index < -0.39 is 0 Å². The molecule has 0 aliphatic carbocycles. The van der Waals surface area contributed by atoms with Crippen LogP contribution < -0.4 is 17.3 Å². The van der Waals surface area contributed by atoms with Gasteiger partial charge in [-0.2, -0.15) is 0 Å². The van der Waals surface area contributed by atoms with Gasteiger partial charge < -0.3 is 17.3 Å². The van der Waals surface area contributed by atoms with Gasteiger partial charge in [0.05, 0.1) is 0 Å². The van der Waals surface area contributed by atoms with Crippen LogP contribution in [0.2, 0.25) is 0 Å². The molecule has 0 unspecified atom stereocenters. The summed E-state index contributed by atoms with van der Waals surface area (Å²) < 4.78 is 0. The summed E-state index contributed by atoms with van der Waals surface area (Å²) in [5, 5.41) is 2.86. The largest absolute Gasteiger partial charge is 0.369 e. The summed E-state index contributed by atoms with van der Waals surface area (Å²) in [6.07, 6.45) is 0. The summed E-state index contributed by atoms with van der Waals surface area (Å²) in [6.45, 7) is 0. The maximum Gasteiger partial charge on any atom is 0.208 e. The fourth-order valence-corrected chi connectivity index (χ4v) is 0. The fraction of sp³-hybridized carbons (Fsp3) is 0. The number of hydrogen-bond donors (Lipinski definition) is 3. The zero-order valence-corrected chi connectivity index (χ0v) is 2.68. The smallest absolute Gasteiger partial charge is 0.208 e. The molecule has 0 bridgehead atoms. The van der Waals surface area contributed by atoms with Crippen molar-refractivity contribution >= 4 is 5.96 Å². The molecule has 0 aliphatic rings. The van der Waals surface area contributed by atoms with Gasteiger partial charge in [0.1, 0.15) is 0 Å². The molecule has 0 amide bonds. The lowest BCUT2D eigenvalue weighted by molar-refractivity contribution is 1.21. The van der Waals surface area contributed by atoms with Gasteiger partial charge in [0.15, 0.2) is 0 Å². The van der Waals surface area contributed by atoms with Gasteiger partial charge in [-0.1, -0.05) is 0 Å². The minimum Gasteiger partial charge on any atom is -0.369 e.